The molecule has 0 saturated carbocycles. The topological polar surface area (TPSA) is 62.3 Å². The third-order valence-electron chi connectivity index (χ3n) is 4.32. The van der Waals surface area contributed by atoms with E-state index in [1.165, 1.54) is 4.90 Å². The SMILES string of the molecule is CCCN(CC(=O)Nc1cc(Cl)ccc1Cl)C(=O)c1ccc(-c2nc(C)cs2)cc1. The van der Waals surface area contributed by atoms with Gasteiger partial charge in [0.05, 0.1) is 10.7 Å². The molecule has 0 aliphatic heterocycles. The number of amides is 2. The van der Waals surface area contributed by atoms with Gasteiger partial charge < -0.3 is 10.2 Å². The van der Waals surface area contributed by atoms with Crippen LogP contribution in [0.25, 0.3) is 10.6 Å². The predicted octanol–water partition coefficient (Wildman–Crippen LogP) is 5.92. The highest BCUT2D eigenvalue weighted by Gasteiger charge is 2.19. The lowest BCUT2D eigenvalue weighted by atomic mass is 10.1. The number of anilines is 1. The highest BCUT2D eigenvalue weighted by Crippen LogP contribution is 2.26. The molecule has 0 radical (unpaired) electrons. The molecule has 1 aromatic heterocycles. The van der Waals surface area contributed by atoms with Gasteiger partial charge in [-0.3, -0.25) is 9.59 Å². The lowest BCUT2D eigenvalue weighted by Crippen LogP contribution is -2.38. The first-order valence-corrected chi connectivity index (χ1v) is 11.1. The van der Waals surface area contributed by atoms with E-state index in [1.54, 1.807) is 41.7 Å². The maximum Gasteiger partial charge on any atom is 0.254 e. The fourth-order valence-corrected chi connectivity index (χ4v) is 4.04. The minimum atomic E-state index is -0.337. The lowest BCUT2D eigenvalue weighted by Gasteiger charge is -2.22. The van der Waals surface area contributed by atoms with Gasteiger partial charge in [-0.1, -0.05) is 42.3 Å². The molecule has 1 heterocycles. The van der Waals surface area contributed by atoms with Crippen molar-refractivity contribution in [2.75, 3.05) is 18.4 Å². The van der Waals surface area contributed by atoms with Crippen molar-refractivity contribution >= 4 is 52.0 Å². The first kappa shape index (κ1) is 22.3. The van der Waals surface area contributed by atoms with Crippen LogP contribution in [-0.4, -0.2) is 34.8 Å². The number of hydrogen-bond acceptors (Lipinski definition) is 4. The van der Waals surface area contributed by atoms with Crippen LogP contribution in [0.4, 0.5) is 5.69 Å². The van der Waals surface area contributed by atoms with Crippen LogP contribution in [0.2, 0.25) is 10.0 Å². The lowest BCUT2D eigenvalue weighted by molar-refractivity contribution is -0.116. The van der Waals surface area contributed by atoms with Crippen LogP contribution in [0, 0.1) is 6.92 Å². The average Bonchev–Trinajstić information content (AvgIpc) is 3.16. The van der Waals surface area contributed by atoms with E-state index in [9.17, 15) is 9.59 Å². The number of rotatable bonds is 7. The Bertz CT molecular complexity index is 1050. The van der Waals surface area contributed by atoms with Gasteiger partial charge in [0.25, 0.3) is 5.91 Å². The highest BCUT2D eigenvalue weighted by molar-refractivity contribution is 7.13. The summed E-state index contributed by atoms with van der Waals surface area (Å²) in [6.45, 7) is 4.29. The Morgan fingerprint density at radius 1 is 1.13 bits per heavy atom. The molecule has 0 unspecified atom stereocenters. The fourth-order valence-electron chi connectivity index (χ4n) is 2.90. The third-order valence-corrected chi connectivity index (χ3v) is 5.89. The molecule has 0 aliphatic carbocycles. The van der Waals surface area contributed by atoms with E-state index in [2.05, 4.69) is 10.3 Å². The summed E-state index contributed by atoms with van der Waals surface area (Å²) < 4.78 is 0. The molecule has 3 rings (SSSR count). The van der Waals surface area contributed by atoms with Gasteiger partial charge in [-0.05, 0) is 43.7 Å². The van der Waals surface area contributed by atoms with Crippen LogP contribution in [-0.2, 0) is 4.79 Å². The maximum absolute atomic E-state index is 13.0. The van der Waals surface area contributed by atoms with Crippen molar-refractivity contribution in [2.24, 2.45) is 0 Å². The number of carbonyl (C=O) groups is 2. The van der Waals surface area contributed by atoms with Gasteiger partial charge in [0.15, 0.2) is 0 Å². The maximum atomic E-state index is 13.0. The van der Waals surface area contributed by atoms with Gasteiger partial charge in [0.2, 0.25) is 5.91 Å². The molecule has 5 nitrogen and oxygen atoms in total. The second-order valence-electron chi connectivity index (χ2n) is 6.77. The number of benzene rings is 2. The summed E-state index contributed by atoms with van der Waals surface area (Å²) in [5.41, 5.74) is 2.87. The van der Waals surface area contributed by atoms with Crippen LogP contribution < -0.4 is 5.32 Å². The molecule has 8 heteroatoms. The normalized spacial score (nSPS) is 10.7. The molecule has 156 valence electrons. The second-order valence-corrected chi connectivity index (χ2v) is 8.47. The minimum Gasteiger partial charge on any atom is -0.329 e. The van der Waals surface area contributed by atoms with Crippen molar-refractivity contribution in [1.29, 1.82) is 0 Å². The molecule has 0 saturated heterocycles. The largest absolute Gasteiger partial charge is 0.329 e. The van der Waals surface area contributed by atoms with Crippen molar-refractivity contribution in [3.63, 3.8) is 0 Å². The average molecular weight is 462 g/mol. The van der Waals surface area contributed by atoms with Gasteiger partial charge in [-0.2, -0.15) is 0 Å². The molecular weight excluding hydrogens is 441 g/mol. The Morgan fingerprint density at radius 2 is 1.87 bits per heavy atom. The van der Waals surface area contributed by atoms with Gasteiger partial charge in [-0.15, -0.1) is 11.3 Å². The first-order chi connectivity index (χ1) is 14.4. The number of aryl methyl sites for hydroxylation is 1. The van der Waals surface area contributed by atoms with Crippen LogP contribution in [0.1, 0.15) is 29.4 Å². The van der Waals surface area contributed by atoms with E-state index in [-0.39, 0.29) is 18.4 Å². The summed E-state index contributed by atoms with van der Waals surface area (Å²) in [4.78, 5) is 31.5. The molecular formula is C22H21Cl2N3O2S. The number of hydrogen-bond donors (Lipinski definition) is 1. The van der Waals surface area contributed by atoms with Gasteiger partial charge in [0.1, 0.15) is 11.6 Å². The monoisotopic (exact) mass is 461 g/mol. The Labute approximate surface area is 189 Å². The zero-order valence-electron chi connectivity index (χ0n) is 16.6. The number of halogens is 2. The van der Waals surface area contributed by atoms with Crippen LogP contribution in [0.5, 0.6) is 0 Å². The summed E-state index contributed by atoms with van der Waals surface area (Å²) >= 11 is 13.6. The number of carbonyl (C=O) groups excluding carboxylic acids is 2. The zero-order valence-corrected chi connectivity index (χ0v) is 18.9. The summed E-state index contributed by atoms with van der Waals surface area (Å²) in [7, 11) is 0. The Balaban J connectivity index is 1.71. The molecule has 2 aromatic carbocycles. The molecule has 2 amide bonds. The van der Waals surface area contributed by atoms with E-state index in [0.717, 1.165) is 22.7 Å². The van der Waals surface area contributed by atoms with Crippen molar-refractivity contribution in [3.8, 4) is 10.6 Å². The standard InChI is InChI=1S/C22H21Cl2N3O2S/c1-3-10-27(12-20(28)26-19-11-17(23)8-9-18(19)24)22(29)16-6-4-15(5-7-16)21-25-14(2)13-30-21/h4-9,11,13H,3,10,12H2,1-2H3,(H,26,28). The van der Waals surface area contributed by atoms with Crippen LogP contribution in [0.3, 0.4) is 0 Å². The van der Waals surface area contributed by atoms with Crippen molar-refractivity contribution in [3.05, 3.63) is 69.1 Å². The Morgan fingerprint density at radius 3 is 2.50 bits per heavy atom. The number of nitrogens with one attached hydrogen (secondary N) is 1. The van der Waals surface area contributed by atoms with E-state index < -0.39 is 0 Å². The van der Waals surface area contributed by atoms with Crippen molar-refractivity contribution in [1.82, 2.24) is 9.88 Å². The minimum absolute atomic E-state index is 0.0804. The van der Waals surface area contributed by atoms with E-state index in [1.807, 2.05) is 31.4 Å². The Hall–Kier alpha value is -2.41. The molecule has 3 aromatic rings. The summed E-state index contributed by atoms with van der Waals surface area (Å²) in [6.07, 6.45) is 0.730. The number of nitrogens with zero attached hydrogens (tertiary/aromatic N) is 2. The summed E-state index contributed by atoms with van der Waals surface area (Å²) in [6, 6.07) is 12.1. The van der Waals surface area contributed by atoms with Crippen molar-refractivity contribution < 1.29 is 9.59 Å². The number of thiazole rings is 1. The molecule has 0 atom stereocenters. The second kappa shape index (κ2) is 10.1. The molecule has 30 heavy (non-hydrogen) atoms. The molecule has 1 N–H and O–H groups in total. The van der Waals surface area contributed by atoms with E-state index in [4.69, 9.17) is 23.2 Å². The molecule has 0 spiro atoms. The third kappa shape index (κ3) is 5.59. The van der Waals surface area contributed by atoms with Gasteiger partial charge in [-0.25, -0.2) is 4.98 Å². The quantitative estimate of drug-likeness (QED) is 0.475. The summed E-state index contributed by atoms with van der Waals surface area (Å²) in [5, 5.41) is 6.47. The zero-order chi connectivity index (χ0) is 21.7. The predicted molar refractivity (Wildman–Crippen MR) is 124 cm³/mol. The van der Waals surface area contributed by atoms with Gasteiger partial charge in [0, 0.05) is 33.8 Å². The van der Waals surface area contributed by atoms with Crippen molar-refractivity contribution in [2.45, 2.75) is 20.3 Å². The Kier molecular flexibility index (Phi) is 7.48. The molecule has 0 fully saturated rings. The highest BCUT2D eigenvalue weighted by atomic mass is 35.5. The summed E-state index contributed by atoms with van der Waals surface area (Å²) in [5.74, 6) is -0.540. The first-order valence-electron chi connectivity index (χ1n) is 9.44. The smallest absolute Gasteiger partial charge is 0.254 e. The molecule has 0 bridgehead atoms. The van der Waals surface area contributed by atoms with Crippen LogP contribution >= 0.6 is 34.5 Å². The van der Waals surface area contributed by atoms with E-state index >= 15 is 0 Å². The molecule has 0 aliphatic rings. The van der Waals surface area contributed by atoms with Crippen LogP contribution in [0.15, 0.2) is 47.8 Å². The number of aromatic nitrogens is 1. The fraction of sp³-hybridized carbons (Fsp3) is 0.227. The van der Waals surface area contributed by atoms with E-state index in [0.29, 0.717) is 27.8 Å². The van der Waals surface area contributed by atoms with Gasteiger partial charge >= 0.3 is 0 Å².